The second kappa shape index (κ2) is 17.5. The largest absolute Gasteiger partial charge is 0.377 e. The van der Waals surface area contributed by atoms with E-state index in [1.807, 2.05) is 6.07 Å². The van der Waals surface area contributed by atoms with Crippen LogP contribution in [0.5, 0.6) is 0 Å². The molecule has 14 heteroatoms. The number of halogens is 1. The van der Waals surface area contributed by atoms with Gasteiger partial charge >= 0.3 is 0 Å². The van der Waals surface area contributed by atoms with E-state index in [4.69, 9.17) is 9.47 Å². The Kier molecular flexibility index (Phi) is 12.6. The molecule has 0 radical (unpaired) electrons. The third kappa shape index (κ3) is 10.2. The number of benzene rings is 2. The summed E-state index contributed by atoms with van der Waals surface area (Å²) in [6.45, 7) is 2.50. The van der Waals surface area contributed by atoms with Crippen molar-refractivity contribution in [3.8, 4) is 11.3 Å². The van der Waals surface area contributed by atoms with E-state index >= 15 is 0 Å². The van der Waals surface area contributed by atoms with Crippen LogP contribution in [0.3, 0.4) is 0 Å². The Morgan fingerprint density at radius 2 is 1.69 bits per heavy atom. The highest BCUT2D eigenvalue weighted by molar-refractivity contribution is 5.96. The lowest BCUT2D eigenvalue weighted by molar-refractivity contribution is -0.135. The number of nitrogens with zero attached hydrogens (tertiary/aromatic N) is 5. The van der Waals surface area contributed by atoms with Crippen molar-refractivity contribution in [2.45, 2.75) is 25.8 Å². The van der Waals surface area contributed by atoms with Gasteiger partial charge in [0.15, 0.2) is 0 Å². The topological polar surface area (TPSA) is 148 Å². The van der Waals surface area contributed by atoms with Crippen LogP contribution in [-0.2, 0) is 30.4 Å². The van der Waals surface area contributed by atoms with Gasteiger partial charge in [-0.15, -0.1) is 5.10 Å². The number of aryl methyl sites for hydroxylation is 1. The Morgan fingerprint density at radius 1 is 0.917 bits per heavy atom. The van der Waals surface area contributed by atoms with Gasteiger partial charge in [-0.1, -0.05) is 23.4 Å². The number of amides is 4. The molecule has 13 nitrogen and oxygen atoms in total. The van der Waals surface area contributed by atoms with E-state index in [-0.39, 0.29) is 80.7 Å². The molecule has 0 spiro atoms. The fraction of sp³-hybridized carbons (Fsp3) is 0.471. The van der Waals surface area contributed by atoms with E-state index in [2.05, 4.69) is 20.9 Å². The lowest BCUT2D eigenvalue weighted by atomic mass is 9.81. The highest BCUT2D eigenvalue weighted by Gasteiger charge is 2.34. The Balaban J connectivity index is 1.30. The van der Waals surface area contributed by atoms with E-state index in [1.54, 1.807) is 52.2 Å². The molecule has 4 heterocycles. The maximum atomic E-state index is 13.7. The Bertz CT molecular complexity index is 1520. The van der Waals surface area contributed by atoms with Gasteiger partial charge in [0.05, 0.1) is 26.0 Å². The van der Waals surface area contributed by atoms with Crippen LogP contribution >= 0.6 is 0 Å². The molecule has 3 fully saturated rings. The molecule has 2 bridgehead atoms. The van der Waals surface area contributed by atoms with Crippen molar-refractivity contribution in [2.75, 3.05) is 65.7 Å². The molecule has 0 unspecified atom stereocenters. The summed E-state index contributed by atoms with van der Waals surface area (Å²) in [5.74, 6) is -1.27. The van der Waals surface area contributed by atoms with Gasteiger partial charge in [0, 0.05) is 56.8 Å². The standard InChI is InChI=1S/C34H42FN7O6/c35-29-8-6-25(7-9-29)30-22-42(39-38-30)15-11-28-21-40-14-10-27(28)20-31(43)37-13-17-47-18-19-48-24-32(44)36-12-16-41(23-33(40)45)34(46)26-4-2-1-3-5-26/h1-9,22,27-28H,10-21,23-24H2,(H,36,44)(H,37,43)/t27-,28-/m0/s1. The maximum Gasteiger partial charge on any atom is 0.254 e. The third-order valence-corrected chi connectivity index (χ3v) is 8.61. The van der Waals surface area contributed by atoms with Crippen molar-refractivity contribution in [1.82, 2.24) is 35.4 Å². The van der Waals surface area contributed by atoms with Gasteiger partial charge in [-0.05, 0) is 61.1 Å². The molecule has 1 aromatic heterocycles. The van der Waals surface area contributed by atoms with Gasteiger partial charge in [-0.2, -0.15) is 0 Å². The number of hydrogen-bond acceptors (Lipinski definition) is 8. The zero-order valence-electron chi connectivity index (χ0n) is 26.9. The van der Waals surface area contributed by atoms with Crippen LogP contribution in [0.2, 0.25) is 0 Å². The smallest absolute Gasteiger partial charge is 0.254 e. The van der Waals surface area contributed by atoms with Crippen molar-refractivity contribution >= 4 is 23.6 Å². The highest BCUT2D eigenvalue weighted by atomic mass is 19.1. The number of hydrogen-bond donors (Lipinski definition) is 2. The molecule has 256 valence electrons. The van der Waals surface area contributed by atoms with Crippen LogP contribution in [0.1, 0.15) is 29.6 Å². The summed E-state index contributed by atoms with van der Waals surface area (Å²) in [6, 6.07) is 14.8. The van der Waals surface area contributed by atoms with Crippen molar-refractivity contribution in [3.63, 3.8) is 0 Å². The first-order valence-corrected chi connectivity index (χ1v) is 16.3. The molecule has 2 N–H and O–H groups in total. The summed E-state index contributed by atoms with van der Waals surface area (Å²) in [5.41, 5.74) is 1.81. The normalized spacial score (nSPS) is 20.9. The highest BCUT2D eigenvalue weighted by Crippen LogP contribution is 2.30. The monoisotopic (exact) mass is 663 g/mol. The first-order chi connectivity index (χ1) is 23.4. The van der Waals surface area contributed by atoms with Crippen molar-refractivity contribution < 1.29 is 33.0 Å². The van der Waals surface area contributed by atoms with Gasteiger partial charge in [0.1, 0.15) is 24.7 Å². The predicted octanol–water partition coefficient (Wildman–Crippen LogP) is 1.75. The van der Waals surface area contributed by atoms with Crippen LogP contribution < -0.4 is 10.6 Å². The molecular formula is C34H42FN7O6. The number of nitrogens with one attached hydrogen (secondary N) is 2. The minimum Gasteiger partial charge on any atom is -0.377 e. The number of carbonyl (C=O) groups is 4. The number of fused-ring (bicyclic) bond motifs is 18. The van der Waals surface area contributed by atoms with Crippen molar-refractivity contribution in [1.29, 1.82) is 0 Å². The molecule has 2 aromatic carbocycles. The molecule has 48 heavy (non-hydrogen) atoms. The average Bonchev–Trinajstić information content (AvgIpc) is 3.57. The Labute approximate surface area is 278 Å². The van der Waals surface area contributed by atoms with E-state index in [9.17, 15) is 23.6 Å². The number of piperidine rings is 1. The fourth-order valence-corrected chi connectivity index (χ4v) is 5.98. The molecule has 0 saturated carbocycles. The van der Waals surface area contributed by atoms with Crippen molar-refractivity contribution in [3.05, 3.63) is 72.2 Å². The quantitative estimate of drug-likeness (QED) is 0.393. The lowest BCUT2D eigenvalue weighted by Gasteiger charge is -2.39. The summed E-state index contributed by atoms with van der Waals surface area (Å²) >= 11 is 0. The minimum atomic E-state index is -0.339. The zero-order chi connectivity index (χ0) is 33.7. The summed E-state index contributed by atoms with van der Waals surface area (Å²) in [7, 11) is 0. The number of rotatable bonds is 5. The molecule has 0 aliphatic carbocycles. The van der Waals surface area contributed by atoms with E-state index in [0.717, 1.165) is 5.56 Å². The number of ether oxygens (including phenoxy) is 2. The van der Waals surface area contributed by atoms with Crippen LogP contribution in [-0.4, -0.2) is 114 Å². The van der Waals surface area contributed by atoms with Crippen LogP contribution in [0.15, 0.2) is 60.8 Å². The molecular weight excluding hydrogens is 621 g/mol. The van der Waals surface area contributed by atoms with E-state index in [0.29, 0.717) is 63.3 Å². The van der Waals surface area contributed by atoms with Gasteiger partial charge < -0.3 is 29.9 Å². The summed E-state index contributed by atoms with van der Waals surface area (Å²) < 4.78 is 26.0. The zero-order valence-corrected chi connectivity index (χ0v) is 26.9. The molecule has 6 rings (SSSR count). The lowest BCUT2D eigenvalue weighted by Crippen LogP contribution is -2.50. The van der Waals surface area contributed by atoms with E-state index in [1.165, 1.54) is 17.0 Å². The number of carbonyl (C=O) groups excluding carboxylic acids is 4. The van der Waals surface area contributed by atoms with Crippen LogP contribution in [0, 0.1) is 17.7 Å². The summed E-state index contributed by atoms with van der Waals surface area (Å²) in [6.07, 6.45) is 3.36. The SMILES string of the molecule is O=C1COCCOCCNC(=O)C[C@@H]2CCN(C[C@@H]2CCn2cc(-c3ccc(F)cc3)nn2)C(=O)CN(C(=O)c2ccccc2)CCN1. The molecule has 3 aromatic rings. The van der Waals surface area contributed by atoms with Gasteiger partial charge in [-0.25, -0.2) is 4.39 Å². The predicted molar refractivity (Wildman–Crippen MR) is 173 cm³/mol. The second-order valence-electron chi connectivity index (χ2n) is 12.0. The Morgan fingerprint density at radius 3 is 2.50 bits per heavy atom. The van der Waals surface area contributed by atoms with Crippen LogP contribution in [0.25, 0.3) is 11.3 Å². The molecule has 3 aliphatic rings. The molecule has 2 atom stereocenters. The number of aromatic nitrogens is 3. The minimum absolute atomic E-state index is 0.0213. The van der Waals surface area contributed by atoms with Gasteiger partial charge in [-0.3, -0.25) is 23.9 Å². The maximum absolute atomic E-state index is 13.7. The molecule has 3 aliphatic heterocycles. The third-order valence-electron chi connectivity index (χ3n) is 8.61. The second-order valence-corrected chi connectivity index (χ2v) is 12.0. The van der Waals surface area contributed by atoms with Crippen LogP contribution in [0.4, 0.5) is 4.39 Å². The van der Waals surface area contributed by atoms with E-state index < -0.39 is 0 Å². The van der Waals surface area contributed by atoms with Gasteiger partial charge in [0.25, 0.3) is 5.91 Å². The van der Waals surface area contributed by atoms with Gasteiger partial charge in [0.2, 0.25) is 17.7 Å². The summed E-state index contributed by atoms with van der Waals surface area (Å²) in [5, 5.41) is 14.2. The Hall–Kier alpha value is -4.69. The molecule has 4 amide bonds. The first kappa shape index (κ1) is 34.6. The fourth-order valence-electron chi connectivity index (χ4n) is 5.98. The first-order valence-electron chi connectivity index (χ1n) is 16.3. The summed E-state index contributed by atoms with van der Waals surface area (Å²) in [4.78, 5) is 55.7. The average molecular weight is 664 g/mol. The van der Waals surface area contributed by atoms with Crippen molar-refractivity contribution in [2.24, 2.45) is 11.8 Å². The molecule has 3 saturated heterocycles.